The first-order valence-electron chi connectivity index (χ1n) is 5.11. The van der Waals surface area contributed by atoms with Gasteiger partial charge in [0.15, 0.2) is 0 Å². The summed E-state index contributed by atoms with van der Waals surface area (Å²) in [4.78, 5) is 0. The fourth-order valence-electron chi connectivity index (χ4n) is 1.81. The summed E-state index contributed by atoms with van der Waals surface area (Å²) in [6, 6.07) is 0. The molecule has 0 aliphatic heterocycles. The molecule has 0 atom stereocenters. The summed E-state index contributed by atoms with van der Waals surface area (Å²) in [5, 5.41) is 14.1. The van der Waals surface area contributed by atoms with E-state index in [4.69, 9.17) is 5.73 Å². The second kappa shape index (κ2) is 3.28. The monoisotopic (exact) mass is 195 g/mol. The third kappa shape index (κ3) is 1.75. The van der Waals surface area contributed by atoms with Crippen molar-refractivity contribution in [2.45, 2.75) is 44.8 Å². The topological polar surface area (TPSA) is 64.1 Å². The van der Waals surface area contributed by atoms with Gasteiger partial charge in [-0.1, -0.05) is 0 Å². The van der Waals surface area contributed by atoms with Crippen molar-refractivity contribution in [3.8, 4) is 0 Å². The number of nitrogen functional groups attached to an aromatic ring is 1. The second-order valence-corrected chi connectivity index (χ2v) is 4.26. The van der Waals surface area contributed by atoms with Crippen LogP contribution >= 0.6 is 0 Å². The average molecular weight is 195 g/mol. The molecule has 2 rings (SSSR count). The molecule has 1 aromatic heterocycles. The third-order valence-electron chi connectivity index (χ3n) is 3.07. The van der Waals surface area contributed by atoms with Gasteiger partial charge in [-0.25, -0.2) is 0 Å². The van der Waals surface area contributed by atoms with Gasteiger partial charge in [-0.05, 0) is 32.6 Å². The summed E-state index contributed by atoms with van der Waals surface area (Å²) in [5.41, 5.74) is 6.85. The van der Waals surface area contributed by atoms with Crippen LogP contribution in [0.3, 0.4) is 0 Å². The second-order valence-electron chi connectivity index (χ2n) is 4.26. The van der Waals surface area contributed by atoms with Crippen LogP contribution in [0, 0.1) is 6.92 Å². The lowest BCUT2D eigenvalue weighted by Gasteiger charge is -2.36. The average Bonchev–Trinajstić information content (AvgIpc) is 2.40. The van der Waals surface area contributed by atoms with Crippen LogP contribution in [0.1, 0.15) is 31.4 Å². The highest BCUT2D eigenvalue weighted by Gasteiger charge is 2.33. The molecule has 1 heterocycles. The van der Waals surface area contributed by atoms with Gasteiger partial charge in [-0.3, -0.25) is 4.68 Å². The number of hydrogen-bond donors (Lipinski definition) is 2. The summed E-state index contributed by atoms with van der Waals surface area (Å²) in [6.07, 6.45) is 5.63. The molecule has 1 fully saturated rings. The van der Waals surface area contributed by atoms with Crippen molar-refractivity contribution in [2.75, 3.05) is 5.73 Å². The Balaban J connectivity index is 1.91. The van der Waals surface area contributed by atoms with Crippen molar-refractivity contribution in [1.29, 1.82) is 0 Å². The van der Waals surface area contributed by atoms with E-state index in [1.807, 2.05) is 17.8 Å². The van der Waals surface area contributed by atoms with E-state index in [0.717, 1.165) is 43.6 Å². The zero-order valence-corrected chi connectivity index (χ0v) is 8.53. The zero-order chi connectivity index (χ0) is 10.2. The molecule has 0 spiro atoms. The van der Waals surface area contributed by atoms with Gasteiger partial charge < -0.3 is 10.8 Å². The van der Waals surface area contributed by atoms with Crippen molar-refractivity contribution >= 4 is 5.69 Å². The lowest BCUT2D eigenvalue weighted by atomic mass is 9.78. The Labute approximate surface area is 83.7 Å². The molecule has 1 aromatic rings. The number of anilines is 1. The quantitative estimate of drug-likeness (QED) is 0.758. The first-order valence-corrected chi connectivity index (χ1v) is 5.11. The Morgan fingerprint density at radius 1 is 1.64 bits per heavy atom. The van der Waals surface area contributed by atoms with Crippen LogP contribution in [0.2, 0.25) is 0 Å². The molecule has 0 bridgehead atoms. The van der Waals surface area contributed by atoms with E-state index in [0.29, 0.717) is 0 Å². The molecule has 0 radical (unpaired) electrons. The third-order valence-corrected chi connectivity index (χ3v) is 3.07. The predicted molar refractivity (Wildman–Crippen MR) is 54.8 cm³/mol. The summed E-state index contributed by atoms with van der Waals surface area (Å²) < 4.78 is 1.82. The van der Waals surface area contributed by atoms with Gasteiger partial charge in [0, 0.05) is 12.7 Å². The van der Waals surface area contributed by atoms with Gasteiger partial charge in [-0.15, -0.1) is 0 Å². The number of aryl methyl sites for hydroxylation is 2. The van der Waals surface area contributed by atoms with Crippen LogP contribution in [0.15, 0.2) is 6.20 Å². The summed E-state index contributed by atoms with van der Waals surface area (Å²) in [5.74, 6) is 0. The number of aromatic nitrogens is 2. The molecule has 1 aliphatic rings. The highest BCUT2D eigenvalue weighted by molar-refractivity contribution is 5.39. The minimum Gasteiger partial charge on any atom is -0.396 e. The Hall–Kier alpha value is -1.03. The maximum absolute atomic E-state index is 9.88. The van der Waals surface area contributed by atoms with Crippen LogP contribution in [-0.2, 0) is 6.54 Å². The lowest BCUT2D eigenvalue weighted by molar-refractivity contribution is -0.0438. The maximum atomic E-state index is 9.88. The highest BCUT2D eigenvalue weighted by Crippen LogP contribution is 2.34. The minimum absolute atomic E-state index is 0.422. The molecular weight excluding hydrogens is 178 g/mol. The van der Waals surface area contributed by atoms with E-state index in [9.17, 15) is 5.11 Å². The standard InChI is InChI=1S/C10H17N3O/c1-8-9(11)7-13(12-8)6-5-10(14)3-2-4-10/h7,14H,2-6,11H2,1H3. The molecule has 4 nitrogen and oxygen atoms in total. The maximum Gasteiger partial charge on any atom is 0.0822 e. The molecule has 0 amide bonds. The summed E-state index contributed by atoms with van der Waals surface area (Å²) in [6.45, 7) is 2.65. The lowest BCUT2D eigenvalue weighted by Crippen LogP contribution is -2.37. The van der Waals surface area contributed by atoms with Crippen molar-refractivity contribution in [1.82, 2.24) is 9.78 Å². The fraction of sp³-hybridized carbons (Fsp3) is 0.700. The molecule has 0 saturated heterocycles. The number of rotatable bonds is 3. The molecule has 14 heavy (non-hydrogen) atoms. The molecule has 3 N–H and O–H groups in total. The zero-order valence-electron chi connectivity index (χ0n) is 8.53. The molecule has 1 saturated carbocycles. The molecule has 1 aliphatic carbocycles. The molecule has 0 unspecified atom stereocenters. The van der Waals surface area contributed by atoms with E-state index in [-0.39, 0.29) is 0 Å². The van der Waals surface area contributed by atoms with Gasteiger partial charge in [-0.2, -0.15) is 5.10 Å². The Morgan fingerprint density at radius 2 is 2.36 bits per heavy atom. The largest absolute Gasteiger partial charge is 0.396 e. The summed E-state index contributed by atoms with van der Waals surface area (Å²) >= 11 is 0. The van der Waals surface area contributed by atoms with Crippen molar-refractivity contribution in [2.24, 2.45) is 0 Å². The minimum atomic E-state index is -0.422. The predicted octanol–water partition coefficient (Wildman–Crippen LogP) is 1.08. The van der Waals surface area contributed by atoms with Crippen LogP contribution < -0.4 is 5.73 Å². The molecule has 4 heteroatoms. The summed E-state index contributed by atoms with van der Waals surface area (Å²) in [7, 11) is 0. The molecular formula is C10H17N3O. The smallest absolute Gasteiger partial charge is 0.0822 e. The Bertz CT molecular complexity index is 309. The number of nitrogens with two attached hydrogens (primary N) is 1. The van der Waals surface area contributed by atoms with Crippen LogP contribution in [-0.4, -0.2) is 20.5 Å². The number of aliphatic hydroxyl groups is 1. The van der Waals surface area contributed by atoms with Crippen LogP contribution in [0.25, 0.3) is 0 Å². The van der Waals surface area contributed by atoms with Gasteiger partial charge in [0.05, 0.1) is 17.0 Å². The van der Waals surface area contributed by atoms with Gasteiger partial charge in [0.1, 0.15) is 0 Å². The normalized spacial score (nSPS) is 19.3. The highest BCUT2D eigenvalue weighted by atomic mass is 16.3. The van der Waals surface area contributed by atoms with Crippen molar-refractivity contribution < 1.29 is 5.11 Å². The van der Waals surface area contributed by atoms with E-state index in [1.54, 1.807) is 0 Å². The van der Waals surface area contributed by atoms with E-state index in [1.165, 1.54) is 0 Å². The van der Waals surface area contributed by atoms with Crippen LogP contribution in [0.5, 0.6) is 0 Å². The SMILES string of the molecule is Cc1nn(CCC2(O)CCC2)cc1N. The number of nitrogens with zero attached hydrogens (tertiary/aromatic N) is 2. The van der Waals surface area contributed by atoms with Crippen molar-refractivity contribution in [3.63, 3.8) is 0 Å². The molecule has 0 aromatic carbocycles. The molecule has 78 valence electrons. The van der Waals surface area contributed by atoms with Gasteiger partial charge in [0.25, 0.3) is 0 Å². The first-order chi connectivity index (χ1) is 6.59. The fourth-order valence-corrected chi connectivity index (χ4v) is 1.81. The first kappa shape index (κ1) is 9.52. The van der Waals surface area contributed by atoms with Gasteiger partial charge in [0.2, 0.25) is 0 Å². The Morgan fingerprint density at radius 3 is 2.79 bits per heavy atom. The van der Waals surface area contributed by atoms with Crippen molar-refractivity contribution in [3.05, 3.63) is 11.9 Å². The number of hydrogen-bond acceptors (Lipinski definition) is 3. The van der Waals surface area contributed by atoms with Crippen LogP contribution in [0.4, 0.5) is 5.69 Å². The van der Waals surface area contributed by atoms with E-state index in [2.05, 4.69) is 5.10 Å². The van der Waals surface area contributed by atoms with E-state index >= 15 is 0 Å². The van der Waals surface area contributed by atoms with Gasteiger partial charge >= 0.3 is 0 Å². The van der Waals surface area contributed by atoms with E-state index < -0.39 is 5.60 Å². The Kier molecular flexibility index (Phi) is 2.23.